The van der Waals surface area contributed by atoms with Crippen molar-refractivity contribution in [1.29, 1.82) is 0 Å². The van der Waals surface area contributed by atoms with Crippen LogP contribution in [-0.2, 0) is 22.5 Å². The third-order valence-corrected chi connectivity index (χ3v) is 4.06. The van der Waals surface area contributed by atoms with Crippen LogP contribution in [0.5, 0.6) is 0 Å². The van der Waals surface area contributed by atoms with Crippen LogP contribution in [0.3, 0.4) is 0 Å². The van der Waals surface area contributed by atoms with Crippen LogP contribution in [-0.4, -0.2) is 25.5 Å². The van der Waals surface area contributed by atoms with Gasteiger partial charge in [-0.25, -0.2) is 0 Å². The van der Waals surface area contributed by atoms with E-state index in [9.17, 15) is 9.59 Å². The van der Waals surface area contributed by atoms with Crippen LogP contribution < -0.4 is 11.1 Å². The number of halogens is 1. The summed E-state index contributed by atoms with van der Waals surface area (Å²) in [6.45, 7) is 2.66. The van der Waals surface area contributed by atoms with Gasteiger partial charge in [-0.1, -0.05) is 42.0 Å². The van der Waals surface area contributed by atoms with Crippen molar-refractivity contribution in [3.05, 3.63) is 70.8 Å². The average Bonchev–Trinajstić information content (AvgIpc) is 2.64. The summed E-state index contributed by atoms with van der Waals surface area (Å²) < 4.78 is 4.88. The summed E-state index contributed by atoms with van der Waals surface area (Å²) >= 11 is 0. The lowest BCUT2D eigenvalue weighted by Crippen LogP contribution is -2.34. The summed E-state index contributed by atoms with van der Waals surface area (Å²) in [4.78, 5) is 24.3. The van der Waals surface area contributed by atoms with Crippen molar-refractivity contribution in [2.45, 2.75) is 19.9 Å². The first-order valence-corrected chi connectivity index (χ1v) is 8.24. The molecule has 3 N–H and O–H groups in total. The minimum absolute atomic E-state index is 0. The van der Waals surface area contributed by atoms with Crippen molar-refractivity contribution in [1.82, 2.24) is 5.32 Å². The zero-order valence-corrected chi connectivity index (χ0v) is 15.8. The summed E-state index contributed by atoms with van der Waals surface area (Å²) in [5.41, 5.74) is 9.22. The van der Waals surface area contributed by atoms with E-state index in [1.807, 2.05) is 43.3 Å². The number of esters is 1. The van der Waals surface area contributed by atoms with Crippen LogP contribution in [0.4, 0.5) is 0 Å². The smallest absolute Gasteiger partial charge is 0.310 e. The SMILES string of the molecule is COC(=O)C(CNC(=O)c1ccc(CN)cc1)Cc1cccc(C)c1.Cl. The molecule has 0 aromatic heterocycles. The molecule has 0 saturated heterocycles. The number of nitrogens with one attached hydrogen (secondary N) is 1. The number of hydrogen-bond acceptors (Lipinski definition) is 4. The standard InChI is InChI=1S/C20H24N2O3.ClH/c1-14-4-3-5-16(10-14)11-18(20(24)25-2)13-22-19(23)17-8-6-15(12-21)7-9-17;/h3-10,18H,11-13,21H2,1-2H3,(H,22,23);1H. The van der Waals surface area contributed by atoms with E-state index in [0.29, 0.717) is 18.5 Å². The van der Waals surface area contributed by atoms with Crippen LogP contribution in [0.25, 0.3) is 0 Å². The van der Waals surface area contributed by atoms with Gasteiger partial charge in [0.2, 0.25) is 0 Å². The maximum atomic E-state index is 12.3. The van der Waals surface area contributed by atoms with Crippen LogP contribution in [0.15, 0.2) is 48.5 Å². The first kappa shape index (κ1) is 21.7. The van der Waals surface area contributed by atoms with Gasteiger partial charge >= 0.3 is 5.97 Å². The van der Waals surface area contributed by atoms with E-state index in [1.165, 1.54) is 7.11 Å². The zero-order valence-electron chi connectivity index (χ0n) is 15.0. The number of aryl methyl sites for hydroxylation is 1. The molecule has 1 atom stereocenters. The molecular weight excluding hydrogens is 352 g/mol. The second-order valence-electron chi connectivity index (χ2n) is 6.02. The summed E-state index contributed by atoms with van der Waals surface area (Å²) in [6.07, 6.45) is 0.515. The minimum Gasteiger partial charge on any atom is -0.469 e. The number of methoxy groups -OCH3 is 1. The van der Waals surface area contributed by atoms with Crippen LogP contribution >= 0.6 is 12.4 Å². The van der Waals surface area contributed by atoms with Crippen molar-refractivity contribution in [3.63, 3.8) is 0 Å². The molecule has 0 bridgehead atoms. The Balaban J connectivity index is 0.00000338. The molecule has 0 saturated carbocycles. The molecule has 2 aromatic rings. The number of benzene rings is 2. The maximum Gasteiger partial charge on any atom is 0.310 e. The number of amides is 1. The quantitative estimate of drug-likeness (QED) is 0.728. The molecule has 2 aromatic carbocycles. The first-order valence-electron chi connectivity index (χ1n) is 8.24. The fourth-order valence-electron chi connectivity index (χ4n) is 2.64. The van der Waals surface area contributed by atoms with E-state index in [2.05, 4.69) is 5.32 Å². The molecule has 26 heavy (non-hydrogen) atoms. The molecule has 0 heterocycles. The largest absolute Gasteiger partial charge is 0.469 e. The average molecular weight is 377 g/mol. The Morgan fingerprint density at radius 2 is 1.81 bits per heavy atom. The molecular formula is C20H25ClN2O3. The molecule has 2 rings (SSSR count). The molecule has 1 amide bonds. The number of nitrogens with two attached hydrogens (primary N) is 1. The predicted molar refractivity (Wildman–Crippen MR) is 104 cm³/mol. The molecule has 0 spiro atoms. The van der Waals surface area contributed by atoms with E-state index in [1.54, 1.807) is 12.1 Å². The topological polar surface area (TPSA) is 81.4 Å². The number of ether oxygens (including phenoxy) is 1. The van der Waals surface area contributed by atoms with E-state index >= 15 is 0 Å². The number of hydrogen-bond donors (Lipinski definition) is 2. The first-order chi connectivity index (χ1) is 12.0. The summed E-state index contributed by atoms with van der Waals surface area (Å²) in [7, 11) is 1.36. The monoisotopic (exact) mass is 376 g/mol. The summed E-state index contributed by atoms with van der Waals surface area (Å²) in [6, 6.07) is 15.1. The molecule has 1 unspecified atom stereocenters. The lowest BCUT2D eigenvalue weighted by atomic mass is 9.98. The van der Waals surface area contributed by atoms with Gasteiger partial charge in [0.1, 0.15) is 0 Å². The third-order valence-electron chi connectivity index (χ3n) is 4.06. The molecule has 6 heteroatoms. The Labute approximate surface area is 160 Å². The Bertz CT molecular complexity index is 732. The van der Waals surface area contributed by atoms with Gasteiger partial charge in [0, 0.05) is 18.7 Å². The molecule has 0 aliphatic rings. The number of carbonyl (C=O) groups is 2. The van der Waals surface area contributed by atoms with Gasteiger partial charge < -0.3 is 15.8 Å². The second kappa shape index (κ2) is 10.6. The Morgan fingerprint density at radius 3 is 2.38 bits per heavy atom. The van der Waals surface area contributed by atoms with Gasteiger partial charge in [0.15, 0.2) is 0 Å². The molecule has 140 valence electrons. The van der Waals surface area contributed by atoms with Gasteiger partial charge in [-0.05, 0) is 36.6 Å². The molecule has 0 aliphatic heterocycles. The summed E-state index contributed by atoms with van der Waals surface area (Å²) in [5.74, 6) is -0.985. The highest BCUT2D eigenvalue weighted by atomic mass is 35.5. The highest BCUT2D eigenvalue weighted by molar-refractivity contribution is 5.94. The Morgan fingerprint density at radius 1 is 1.12 bits per heavy atom. The van der Waals surface area contributed by atoms with Crippen molar-refractivity contribution < 1.29 is 14.3 Å². The van der Waals surface area contributed by atoms with Crippen LogP contribution in [0, 0.1) is 12.8 Å². The highest BCUT2D eigenvalue weighted by Gasteiger charge is 2.21. The molecule has 0 fully saturated rings. The van der Waals surface area contributed by atoms with Crippen molar-refractivity contribution in [2.24, 2.45) is 11.7 Å². The van der Waals surface area contributed by atoms with Gasteiger partial charge in [0.25, 0.3) is 5.91 Å². The van der Waals surface area contributed by atoms with E-state index in [4.69, 9.17) is 10.5 Å². The Kier molecular flexibility index (Phi) is 8.82. The summed E-state index contributed by atoms with van der Waals surface area (Å²) in [5, 5.41) is 2.82. The fourth-order valence-corrected chi connectivity index (χ4v) is 2.64. The highest BCUT2D eigenvalue weighted by Crippen LogP contribution is 2.12. The predicted octanol–water partition coefficient (Wildman–Crippen LogP) is 2.64. The van der Waals surface area contributed by atoms with E-state index < -0.39 is 5.92 Å². The van der Waals surface area contributed by atoms with E-state index in [0.717, 1.165) is 16.7 Å². The fraction of sp³-hybridized carbons (Fsp3) is 0.300. The number of rotatable bonds is 7. The normalized spacial score (nSPS) is 11.2. The van der Waals surface area contributed by atoms with Crippen molar-refractivity contribution in [3.8, 4) is 0 Å². The minimum atomic E-state index is -0.431. The van der Waals surface area contributed by atoms with Gasteiger partial charge in [0.05, 0.1) is 13.0 Å². The lowest BCUT2D eigenvalue weighted by molar-refractivity contribution is -0.145. The zero-order chi connectivity index (χ0) is 18.2. The molecule has 0 aliphatic carbocycles. The third kappa shape index (κ3) is 6.17. The van der Waals surface area contributed by atoms with Crippen LogP contribution in [0.1, 0.15) is 27.0 Å². The molecule has 0 radical (unpaired) electrons. The van der Waals surface area contributed by atoms with Crippen LogP contribution in [0.2, 0.25) is 0 Å². The number of carbonyl (C=O) groups excluding carboxylic acids is 2. The Hall–Kier alpha value is -2.37. The van der Waals surface area contributed by atoms with Crippen molar-refractivity contribution >= 4 is 24.3 Å². The van der Waals surface area contributed by atoms with E-state index in [-0.39, 0.29) is 30.8 Å². The maximum absolute atomic E-state index is 12.3. The molecule has 5 nitrogen and oxygen atoms in total. The van der Waals surface area contributed by atoms with Gasteiger partial charge in [-0.2, -0.15) is 0 Å². The van der Waals surface area contributed by atoms with Crippen molar-refractivity contribution in [2.75, 3.05) is 13.7 Å². The second-order valence-corrected chi connectivity index (χ2v) is 6.02. The van der Waals surface area contributed by atoms with Gasteiger partial charge in [-0.15, -0.1) is 12.4 Å². The van der Waals surface area contributed by atoms with Gasteiger partial charge in [-0.3, -0.25) is 9.59 Å². The lowest BCUT2D eigenvalue weighted by Gasteiger charge is -2.16.